The van der Waals surface area contributed by atoms with Gasteiger partial charge in [0.25, 0.3) is 0 Å². The molecule has 0 saturated heterocycles. The number of anilines is 1. The molecule has 0 radical (unpaired) electrons. The summed E-state index contributed by atoms with van der Waals surface area (Å²) >= 11 is 6.83. The van der Waals surface area contributed by atoms with Gasteiger partial charge in [0.2, 0.25) is 0 Å². The van der Waals surface area contributed by atoms with Crippen molar-refractivity contribution in [3.63, 3.8) is 0 Å². The third kappa shape index (κ3) is 4.44. The van der Waals surface area contributed by atoms with E-state index in [4.69, 9.17) is 11.6 Å². The molecule has 1 aliphatic carbocycles. The summed E-state index contributed by atoms with van der Waals surface area (Å²) in [5, 5.41) is 4.21. The van der Waals surface area contributed by atoms with Gasteiger partial charge in [0.05, 0.1) is 10.7 Å². The SMILES string of the molecule is CCC1CC(C)/C(=C\Nc2ccccc2)C(Cl)=C1/C=N/c1ccccc1. The highest BCUT2D eigenvalue weighted by Gasteiger charge is 2.28. The highest BCUT2D eigenvalue weighted by molar-refractivity contribution is 6.34. The van der Waals surface area contributed by atoms with Crippen LogP contribution in [-0.4, -0.2) is 6.21 Å². The number of benzene rings is 2. The highest BCUT2D eigenvalue weighted by Crippen LogP contribution is 2.40. The van der Waals surface area contributed by atoms with Crippen molar-refractivity contribution in [1.29, 1.82) is 0 Å². The van der Waals surface area contributed by atoms with Gasteiger partial charge in [-0.05, 0) is 60.1 Å². The second-order valence-corrected chi connectivity index (χ2v) is 7.09. The molecule has 0 fully saturated rings. The standard InChI is InChI=1S/C23H25ClN2/c1-3-18-14-17(2)21(15-25-19-10-6-4-7-11-19)23(24)22(18)16-26-20-12-8-5-9-13-20/h4-13,15-18,25H,3,14H2,1-2H3/b21-15+,26-16+. The fourth-order valence-corrected chi connectivity index (χ4v) is 3.79. The molecule has 1 aliphatic rings. The molecule has 26 heavy (non-hydrogen) atoms. The molecule has 0 aromatic heterocycles. The van der Waals surface area contributed by atoms with Crippen LogP contribution in [-0.2, 0) is 0 Å². The fraction of sp³-hybridized carbons (Fsp3) is 0.261. The van der Waals surface area contributed by atoms with Crippen LogP contribution in [0.4, 0.5) is 11.4 Å². The van der Waals surface area contributed by atoms with Gasteiger partial charge in [-0.1, -0.05) is 61.8 Å². The average Bonchev–Trinajstić information content (AvgIpc) is 2.68. The van der Waals surface area contributed by atoms with Gasteiger partial charge in [0.1, 0.15) is 0 Å². The summed E-state index contributed by atoms with van der Waals surface area (Å²) in [4.78, 5) is 4.64. The van der Waals surface area contributed by atoms with Gasteiger partial charge in [-0.2, -0.15) is 0 Å². The third-order valence-electron chi connectivity index (χ3n) is 4.89. The predicted octanol–water partition coefficient (Wildman–Crippen LogP) is 6.94. The summed E-state index contributed by atoms with van der Waals surface area (Å²) in [5.41, 5.74) is 4.30. The first-order valence-electron chi connectivity index (χ1n) is 9.19. The molecule has 0 spiro atoms. The normalized spacial score (nSPS) is 22.2. The van der Waals surface area contributed by atoms with E-state index in [2.05, 4.69) is 36.3 Å². The molecule has 1 N–H and O–H groups in total. The minimum Gasteiger partial charge on any atom is -0.361 e. The molecule has 134 valence electrons. The number of nitrogens with zero attached hydrogens (tertiary/aromatic N) is 1. The van der Waals surface area contributed by atoms with Gasteiger partial charge in [-0.15, -0.1) is 0 Å². The van der Waals surface area contributed by atoms with E-state index >= 15 is 0 Å². The lowest BCUT2D eigenvalue weighted by molar-refractivity contribution is 0.458. The maximum absolute atomic E-state index is 6.83. The second-order valence-electron chi connectivity index (χ2n) is 6.72. The van der Waals surface area contributed by atoms with E-state index in [0.717, 1.165) is 40.4 Å². The first-order chi connectivity index (χ1) is 12.7. The molecule has 0 aliphatic heterocycles. The maximum atomic E-state index is 6.83. The topological polar surface area (TPSA) is 24.4 Å². The van der Waals surface area contributed by atoms with Crippen molar-refractivity contribution < 1.29 is 0 Å². The van der Waals surface area contributed by atoms with Crippen molar-refractivity contribution in [2.24, 2.45) is 16.8 Å². The van der Waals surface area contributed by atoms with E-state index in [1.54, 1.807) is 0 Å². The van der Waals surface area contributed by atoms with Crippen LogP contribution < -0.4 is 5.32 Å². The maximum Gasteiger partial charge on any atom is 0.0629 e. The number of para-hydroxylation sites is 2. The summed E-state index contributed by atoms with van der Waals surface area (Å²) in [6, 6.07) is 20.2. The Kier molecular flexibility index (Phi) is 6.30. The van der Waals surface area contributed by atoms with E-state index in [1.165, 1.54) is 0 Å². The van der Waals surface area contributed by atoms with Crippen molar-refractivity contribution in [1.82, 2.24) is 0 Å². The number of aliphatic imine (C=N–C) groups is 1. The molecule has 0 amide bonds. The van der Waals surface area contributed by atoms with Gasteiger partial charge < -0.3 is 5.32 Å². The van der Waals surface area contributed by atoms with Crippen LogP contribution in [0.2, 0.25) is 0 Å². The lowest BCUT2D eigenvalue weighted by Gasteiger charge is -2.30. The first kappa shape index (κ1) is 18.5. The Morgan fingerprint density at radius 1 is 1.08 bits per heavy atom. The molecule has 3 rings (SSSR count). The van der Waals surface area contributed by atoms with Crippen LogP contribution in [0, 0.1) is 11.8 Å². The molecule has 2 atom stereocenters. The lowest BCUT2D eigenvalue weighted by atomic mass is 9.78. The molecular weight excluding hydrogens is 340 g/mol. The average molecular weight is 365 g/mol. The lowest BCUT2D eigenvalue weighted by Crippen LogP contribution is -2.20. The highest BCUT2D eigenvalue weighted by atomic mass is 35.5. The number of nitrogens with one attached hydrogen (secondary N) is 1. The molecule has 2 unspecified atom stereocenters. The summed E-state index contributed by atoms with van der Waals surface area (Å²) in [5.74, 6) is 0.858. The fourth-order valence-electron chi connectivity index (χ4n) is 3.35. The Hall–Kier alpha value is -2.32. The van der Waals surface area contributed by atoms with Crippen molar-refractivity contribution in [3.05, 3.63) is 83.0 Å². The van der Waals surface area contributed by atoms with Crippen LogP contribution in [0.1, 0.15) is 26.7 Å². The van der Waals surface area contributed by atoms with Crippen molar-refractivity contribution in [2.75, 3.05) is 5.32 Å². The van der Waals surface area contributed by atoms with E-state index in [1.807, 2.05) is 60.9 Å². The minimum absolute atomic E-state index is 0.414. The van der Waals surface area contributed by atoms with E-state index < -0.39 is 0 Å². The van der Waals surface area contributed by atoms with Crippen LogP contribution in [0.15, 0.2) is 88.0 Å². The number of rotatable bonds is 5. The largest absolute Gasteiger partial charge is 0.361 e. The van der Waals surface area contributed by atoms with Crippen LogP contribution >= 0.6 is 11.6 Å². The number of hydrogen-bond acceptors (Lipinski definition) is 2. The monoisotopic (exact) mass is 364 g/mol. The molecular formula is C23H25ClN2. The third-order valence-corrected chi connectivity index (χ3v) is 5.32. The second kappa shape index (κ2) is 8.86. The van der Waals surface area contributed by atoms with E-state index in [9.17, 15) is 0 Å². The molecule has 2 aromatic rings. The quantitative estimate of drug-likeness (QED) is 0.570. The van der Waals surface area contributed by atoms with Crippen LogP contribution in [0.3, 0.4) is 0 Å². The van der Waals surface area contributed by atoms with Gasteiger partial charge in [0, 0.05) is 18.1 Å². The molecule has 0 heterocycles. The smallest absolute Gasteiger partial charge is 0.0629 e. The van der Waals surface area contributed by atoms with Gasteiger partial charge in [-0.3, -0.25) is 4.99 Å². The van der Waals surface area contributed by atoms with Crippen molar-refractivity contribution >= 4 is 29.2 Å². The van der Waals surface area contributed by atoms with Crippen LogP contribution in [0.25, 0.3) is 0 Å². The Balaban J connectivity index is 1.90. The van der Waals surface area contributed by atoms with Crippen LogP contribution in [0.5, 0.6) is 0 Å². The van der Waals surface area contributed by atoms with E-state index in [-0.39, 0.29) is 0 Å². The Bertz CT molecular complexity index is 807. The minimum atomic E-state index is 0.414. The number of hydrogen-bond donors (Lipinski definition) is 1. The zero-order chi connectivity index (χ0) is 18.4. The molecule has 2 aromatic carbocycles. The van der Waals surface area contributed by atoms with Gasteiger partial charge >= 0.3 is 0 Å². The van der Waals surface area contributed by atoms with Gasteiger partial charge in [0.15, 0.2) is 0 Å². The Morgan fingerprint density at radius 2 is 1.73 bits per heavy atom. The zero-order valence-electron chi connectivity index (χ0n) is 15.3. The summed E-state index contributed by atoms with van der Waals surface area (Å²) in [7, 11) is 0. The first-order valence-corrected chi connectivity index (χ1v) is 9.57. The number of allylic oxidation sites excluding steroid dienone is 3. The zero-order valence-corrected chi connectivity index (χ0v) is 16.1. The summed E-state index contributed by atoms with van der Waals surface area (Å²) in [6.45, 7) is 4.46. The molecule has 0 saturated carbocycles. The van der Waals surface area contributed by atoms with Crippen molar-refractivity contribution in [3.8, 4) is 0 Å². The summed E-state index contributed by atoms with van der Waals surface area (Å²) in [6.07, 6.45) is 6.15. The Labute approximate surface area is 161 Å². The molecule has 0 bridgehead atoms. The van der Waals surface area contributed by atoms with E-state index in [0.29, 0.717) is 11.8 Å². The predicted molar refractivity (Wildman–Crippen MR) is 113 cm³/mol. The molecule has 3 heteroatoms. The number of halogens is 1. The van der Waals surface area contributed by atoms with Gasteiger partial charge in [-0.25, -0.2) is 0 Å². The summed E-state index contributed by atoms with van der Waals surface area (Å²) < 4.78 is 0. The molecule has 2 nitrogen and oxygen atoms in total. The van der Waals surface area contributed by atoms with Crippen molar-refractivity contribution in [2.45, 2.75) is 26.7 Å². The Morgan fingerprint density at radius 3 is 2.38 bits per heavy atom.